The minimum absolute atomic E-state index is 0.0547. The molecule has 4 saturated heterocycles. The van der Waals surface area contributed by atoms with Gasteiger partial charge in [0.1, 0.15) is 29.9 Å². The smallest absolute Gasteiger partial charge is 0.319 e. The topological polar surface area (TPSA) is 92.4 Å². The van der Waals surface area contributed by atoms with E-state index >= 15 is 4.39 Å². The Morgan fingerprint density at radius 1 is 1.09 bits per heavy atom. The first-order valence-electron chi connectivity index (χ1n) is 15.3. The molecule has 0 amide bonds. The van der Waals surface area contributed by atoms with Crippen LogP contribution in [-0.4, -0.2) is 77.4 Å². The molecule has 8 rings (SSSR count). The summed E-state index contributed by atoms with van der Waals surface area (Å²) in [6, 6.07) is 4.48. The normalized spacial score (nSPS) is 27.3. The van der Waals surface area contributed by atoms with Crippen LogP contribution in [-0.2, 0) is 0 Å². The molecule has 8 nitrogen and oxygen atoms in total. The molecule has 4 fully saturated rings. The summed E-state index contributed by atoms with van der Waals surface area (Å²) in [6.45, 7) is 4.99. The lowest BCUT2D eigenvalue weighted by atomic mass is 9.92. The lowest BCUT2D eigenvalue weighted by molar-refractivity contribution is 0.107. The van der Waals surface area contributed by atoms with E-state index in [1.54, 1.807) is 6.07 Å². The third-order valence-corrected chi connectivity index (χ3v) is 11.3. The van der Waals surface area contributed by atoms with Gasteiger partial charge in [-0.25, -0.2) is 18.2 Å². The van der Waals surface area contributed by atoms with Gasteiger partial charge in [0.15, 0.2) is 10.9 Å². The van der Waals surface area contributed by atoms with Crippen molar-refractivity contribution >= 4 is 55.0 Å². The summed E-state index contributed by atoms with van der Waals surface area (Å²) in [7, 11) is 0. The van der Waals surface area contributed by atoms with E-state index < -0.39 is 23.3 Å². The lowest BCUT2D eigenvalue weighted by Crippen LogP contribution is -2.43. The fourth-order valence-electron chi connectivity index (χ4n) is 8.02. The number of fused-ring (bicyclic) bond motifs is 4. The highest BCUT2D eigenvalue weighted by molar-refractivity contribution is 7.22. The van der Waals surface area contributed by atoms with Gasteiger partial charge in [-0.05, 0) is 75.4 Å². The molecule has 4 aromatic rings. The Kier molecular flexibility index (Phi) is 7.04. The zero-order valence-corrected chi connectivity index (χ0v) is 25.7. The van der Waals surface area contributed by atoms with Crippen LogP contribution in [0.25, 0.3) is 32.2 Å². The van der Waals surface area contributed by atoms with Gasteiger partial charge in [-0.3, -0.25) is 4.90 Å². The number of alkyl halides is 1. The Hall–Kier alpha value is -2.93. The number of nitrogens with one attached hydrogen (secondary N) is 1. The minimum atomic E-state index is -0.895. The monoisotopic (exact) mass is 643 g/mol. The van der Waals surface area contributed by atoms with Gasteiger partial charge in [0.2, 0.25) is 0 Å². The average Bonchev–Trinajstić information content (AvgIpc) is 3.72. The largest absolute Gasteiger partial charge is 0.461 e. The molecule has 232 valence electrons. The third kappa shape index (κ3) is 4.67. The van der Waals surface area contributed by atoms with E-state index in [1.807, 2.05) is 0 Å². The third-order valence-electron chi connectivity index (χ3n) is 10.1. The van der Waals surface area contributed by atoms with Crippen LogP contribution in [0.2, 0.25) is 5.02 Å². The number of nitrogen functional groups attached to an aromatic ring is 1. The number of halogens is 4. The Morgan fingerprint density at radius 2 is 1.89 bits per heavy atom. The fraction of sp³-hybridized carbons (Fsp3) is 0.516. The summed E-state index contributed by atoms with van der Waals surface area (Å²) < 4.78 is 52.4. The van der Waals surface area contributed by atoms with E-state index in [9.17, 15) is 8.78 Å². The number of benzene rings is 2. The first-order valence-corrected chi connectivity index (χ1v) is 16.5. The summed E-state index contributed by atoms with van der Waals surface area (Å²) >= 11 is 7.83. The van der Waals surface area contributed by atoms with E-state index in [1.165, 1.54) is 12.1 Å². The standard InChI is InChI=1S/C31H33ClF3N7OS/c32-21-10-20-25(24(35)23(21)19-2-3-22(34)27-26(19)38-29(36)44-27)39-30(43-15-31-6-1-9-42(31)14-18(33)11-31)40-28(20)41-12-16-4-7-37-8-5-17(16)13-41/h2-3,10,16-18,37H,1,4-9,11-15H2,(H2,36,38)/t16-,17+,18-,31+/m1/s1. The van der Waals surface area contributed by atoms with Crippen molar-refractivity contribution < 1.29 is 17.9 Å². The van der Waals surface area contributed by atoms with Crippen molar-refractivity contribution in [1.29, 1.82) is 0 Å². The van der Waals surface area contributed by atoms with Crippen LogP contribution < -0.4 is 20.7 Å². The predicted molar refractivity (Wildman–Crippen MR) is 167 cm³/mol. The van der Waals surface area contributed by atoms with E-state index in [0.717, 1.165) is 69.7 Å². The molecule has 6 heterocycles. The highest BCUT2D eigenvalue weighted by atomic mass is 35.5. The second-order valence-corrected chi connectivity index (χ2v) is 14.2. The predicted octanol–water partition coefficient (Wildman–Crippen LogP) is 5.81. The summed E-state index contributed by atoms with van der Waals surface area (Å²) in [5.74, 6) is 0.416. The van der Waals surface area contributed by atoms with Crippen molar-refractivity contribution in [2.75, 3.05) is 56.5 Å². The van der Waals surface area contributed by atoms with Gasteiger partial charge in [-0.2, -0.15) is 9.97 Å². The van der Waals surface area contributed by atoms with E-state index in [4.69, 9.17) is 27.1 Å². The van der Waals surface area contributed by atoms with Gasteiger partial charge in [0.05, 0.1) is 20.8 Å². The van der Waals surface area contributed by atoms with Gasteiger partial charge >= 0.3 is 6.01 Å². The molecule has 0 spiro atoms. The van der Waals surface area contributed by atoms with Crippen LogP contribution >= 0.6 is 22.9 Å². The first kappa shape index (κ1) is 28.5. The molecule has 0 bridgehead atoms. The number of rotatable bonds is 5. The minimum Gasteiger partial charge on any atom is -0.461 e. The second-order valence-electron chi connectivity index (χ2n) is 12.7. The molecule has 4 aliphatic heterocycles. The number of hydrogen-bond acceptors (Lipinski definition) is 9. The van der Waals surface area contributed by atoms with Gasteiger partial charge in [0, 0.05) is 42.6 Å². The molecule has 2 aromatic carbocycles. The average molecular weight is 644 g/mol. The number of hydrogen-bond donors (Lipinski definition) is 2. The maximum absolute atomic E-state index is 16.8. The number of nitrogens with zero attached hydrogens (tertiary/aromatic N) is 5. The molecule has 0 aliphatic carbocycles. The fourth-order valence-corrected chi connectivity index (χ4v) is 9.08. The van der Waals surface area contributed by atoms with Gasteiger partial charge in [0.25, 0.3) is 0 Å². The Labute approximate surface area is 261 Å². The van der Waals surface area contributed by atoms with Gasteiger partial charge in [-0.15, -0.1) is 0 Å². The maximum Gasteiger partial charge on any atom is 0.319 e. The number of anilines is 2. The molecule has 0 radical (unpaired) electrons. The summed E-state index contributed by atoms with van der Waals surface area (Å²) in [6.07, 6.45) is 3.45. The van der Waals surface area contributed by atoms with Crippen molar-refractivity contribution in [3.8, 4) is 17.1 Å². The molecule has 44 heavy (non-hydrogen) atoms. The summed E-state index contributed by atoms with van der Waals surface area (Å²) in [4.78, 5) is 18.1. The number of thiazole rings is 1. The highest BCUT2D eigenvalue weighted by Crippen LogP contribution is 2.45. The van der Waals surface area contributed by atoms with Crippen LogP contribution in [0.15, 0.2) is 18.2 Å². The SMILES string of the molecule is Nc1nc2c(-c3c(Cl)cc4c(N5C[C@H]6CCNCC[C@H]6C5)nc(OC[C@@]56CCCN5C[C@H](F)C6)nc4c3F)ccc(F)c2s1. The van der Waals surface area contributed by atoms with Crippen LogP contribution in [0.3, 0.4) is 0 Å². The quantitative estimate of drug-likeness (QED) is 0.282. The first-order chi connectivity index (χ1) is 21.3. The summed E-state index contributed by atoms with van der Waals surface area (Å²) in [5.41, 5.74) is 6.22. The van der Waals surface area contributed by atoms with Crippen LogP contribution in [0.1, 0.15) is 32.1 Å². The van der Waals surface area contributed by atoms with Crippen molar-refractivity contribution in [2.24, 2.45) is 11.8 Å². The second kappa shape index (κ2) is 10.9. The molecule has 0 unspecified atom stereocenters. The molecule has 4 atom stereocenters. The van der Waals surface area contributed by atoms with Crippen LogP contribution in [0, 0.1) is 23.5 Å². The van der Waals surface area contributed by atoms with Crippen LogP contribution in [0.4, 0.5) is 24.1 Å². The van der Waals surface area contributed by atoms with Crippen molar-refractivity contribution in [3.05, 3.63) is 34.9 Å². The van der Waals surface area contributed by atoms with Gasteiger partial charge in [-0.1, -0.05) is 22.9 Å². The van der Waals surface area contributed by atoms with Crippen molar-refractivity contribution in [3.63, 3.8) is 0 Å². The zero-order valence-electron chi connectivity index (χ0n) is 24.1. The van der Waals surface area contributed by atoms with Crippen molar-refractivity contribution in [1.82, 2.24) is 25.2 Å². The van der Waals surface area contributed by atoms with E-state index in [-0.39, 0.29) is 44.1 Å². The van der Waals surface area contributed by atoms with Crippen molar-refractivity contribution in [2.45, 2.75) is 43.8 Å². The zero-order chi connectivity index (χ0) is 30.2. The summed E-state index contributed by atoms with van der Waals surface area (Å²) in [5, 5.41) is 4.29. The molecule has 3 N–H and O–H groups in total. The number of nitrogens with two attached hydrogens (primary N) is 1. The number of ether oxygens (including phenoxy) is 1. The molecule has 2 aromatic heterocycles. The lowest BCUT2D eigenvalue weighted by Gasteiger charge is -2.31. The highest BCUT2D eigenvalue weighted by Gasteiger charge is 2.49. The Bertz CT molecular complexity index is 1760. The molecular formula is C31H33ClF3N7OS. The van der Waals surface area contributed by atoms with Gasteiger partial charge < -0.3 is 20.7 Å². The number of aromatic nitrogens is 3. The molecule has 4 aliphatic rings. The molecule has 13 heteroatoms. The Morgan fingerprint density at radius 3 is 2.68 bits per heavy atom. The molecule has 0 saturated carbocycles. The van der Waals surface area contributed by atoms with Crippen LogP contribution in [0.5, 0.6) is 6.01 Å². The van der Waals surface area contributed by atoms with E-state index in [0.29, 0.717) is 41.6 Å². The Balaban J connectivity index is 1.25. The molecular weight excluding hydrogens is 611 g/mol. The maximum atomic E-state index is 16.8. The van der Waals surface area contributed by atoms with E-state index in [2.05, 4.69) is 25.1 Å².